The van der Waals surface area contributed by atoms with E-state index in [0.717, 1.165) is 9.86 Å². The zero-order valence-electron chi connectivity index (χ0n) is 11.4. The first-order chi connectivity index (χ1) is 10.4. The van der Waals surface area contributed by atoms with Crippen molar-refractivity contribution in [1.82, 2.24) is 5.16 Å². The molecule has 3 rings (SSSR count). The molecule has 0 saturated heterocycles. The Morgan fingerprint density at radius 1 is 1.27 bits per heavy atom. The Balaban J connectivity index is 2.32. The summed E-state index contributed by atoms with van der Waals surface area (Å²) >= 11 is 3.36. The standard InChI is InChI=1S/C14H11BrN2O4S/c1-20-14-10(3-2-4-12(14)22(16,18)19)13-9-6-5-8(15)7-11(9)21-17-13/h2-7H,1H3,(H2,16,18,19). The number of aromatic nitrogens is 1. The van der Waals surface area contributed by atoms with Crippen LogP contribution in [0, 0.1) is 0 Å². The third kappa shape index (κ3) is 2.49. The lowest BCUT2D eigenvalue weighted by molar-refractivity contribution is 0.403. The fraction of sp³-hybridized carbons (Fsp3) is 0.0714. The van der Waals surface area contributed by atoms with Gasteiger partial charge in [0.2, 0.25) is 10.0 Å². The van der Waals surface area contributed by atoms with Gasteiger partial charge in [0.05, 0.1) is 7.11 Å². The Labute approximate surface area is 135 Å². The molecule has 0 bridgehead atoms. The maximum absolute atomic E-state index is 11.7. The molecule has 0 aliphatic rings. The highest BCUT2D eigenvalue weighted by molar-refractivity contribution is 9.10. The molecule has 0 unspecified atom stereocenters. The van der Waals surface area contributed by atoms with Crippen LogP contribution in [-0.4, -0.2) is 20.7 Å². The minimum absolute atomic E-state index is 0.0965. The molecule has 0 atom stereocenters. The lowest BCUT2D eigenvalue weighted by Crippen LogP contribution is -2.13. The van der Waals surface area contributed by atoms with E-state index in [1.54, 1.807) is 18.2 Å². The normalized spacial score (nSPS) is 11.8. The Bertz CT molecular complexity index is 966. The quantitative estimate of drug-likeness (QED) is 0.750. The number of methoxy groups -OCH3 is 1. The maximum Gasteiger partial charge on any atom is 0.241 e. The van der Waals surface area contributed by atoms with Gasteiger partial charge in [-0.1, -0.05) is 27.2 Å². The molecule has 0 aliphatic heterocycles. The van der Waals surface area contributed by atoms with Crippen LogP contribution in [0.4, 0.5) is 0 Å². The van der Waals surface area contributed by atoms with Gasteiger partial charge >= 0.3 is 0 Å². The predicted octanol–water partition coefficient (Wildman–Crippen LogP) is 2.91. The molecule has 2 N–H and O–H groups in total. The van der Waals surface area contributed by atoms with Gasteiger partial charge in [0.1, 0.15) is 16.3 Å². The van der Waals surface area contributed by atoms with E-state index in [-0.39, 0.29) is 10.6 Å². The van der Waals surface area contributed by atoms with Crippen LogP contribution in [0.3, 0.4) is 0 Å². The molecule has 22 heavy (non-hydrogen) atoms. The van der Waals surface area contributed by atoms with Crippen LogP contribution in [0.25, 0.3) is 22.2 Å². The summed E-state index contributed by atoms with van der Waals surface area (Å²) in [5.41, 5.74) is 1.56. The molecule has 1 aromatic heterocycles. The molecule has 3 aromatic rings. The van der Waals surface area contributed by atoms with Crippen LogP contribution >= 0.6 is 15.9 Å². The van der Waals surface area contributed by atoms with Gasteiger partial charge in [0, 0.05) is 15.4 Å². The van der Waals surface area contributed by atoms with Crippen molar-refractivity contribution in [2.75, 3.05) is 7.11 Å². The second-order valence-corrected chi connectivity index (χ2v) is 7.00. The van der Waals surface area contributed by atoms with Crippen molar-refractivity contribution in [3.63, 3.8) is 0 Å². The zero-order chi connectivity index (χ0) is 15.9. The Morgan fingerprint density at radius 2 is 2.05 bits per heavy atom. The highest BCUT2D eigenvalue weighted by Gasteiger charge is 2.22. The van der Waals surface area contributed by atoms with E-state index in [9.17, 15) is 8.42 Å². The summed E-state index contributed by atoms with van der Waals surface area (Å²) in [4.78, 5) is -0.0965. The van der Waals surface area contributed by atoms with Crippen molar-refractivity contribution in [2.24, 2.45) is 5.14 Å². The second-order valence-electron chi connectivity index (χ2n) is 4.55. The minimum atomic E-state index is -3.91. The Morgan fingerprint density at radius 3 is 2.73 bits per heavy atom. The fourth-order valence-electron chi connectivity index (χ4n) is 2.24. The van der Waals surface area contributed by atoms with Gasteiger partial charge in [-0.2, -0.15) is 0 Å². The molecule has 6 nitrogen and oxygen atoms in total. The summed E-state index contributed by atoms with van der Waals surface area (Å²) < 4.78 is 34.8. The molecule has 0 aliphatic carbocycles. The van der Waals surface area contributed by atoms with Gasteiger partial charge < -0.3 is 9.26 Å². The average Bonchev–Trinajstić information content (AvgIpc) is 2.88. The Kier molecular flexibility index (Phi) is 3.67. The summed E-state index contributed by atoms with van der Waals surface area (Å²) in [6.07, 6.45) is 0. The number of fused-ring (bicyclic) bond motifs is 1. The highest BCUT2D eigenvalue weighted by Crippen LogP contribution is 2.38. The molecule has 0 fully saturated rings. The summed E-state index contributed by atoms with van der Waals surface area (Å²) in [6.45, 7) is 0. The van der Waals surface area contributed by atoms with Gasteiger partial charge in [-0.05, 0) is 30.3 Å². The summed E-state index contributed by atoms with van der Waals surface area (Å²) in [7, 11) is -2.53. The monoisotopic (exact) mass is 382 g/mol. The first kappa shape index (κ1) is 15.0. The van der Waals surface area contributed by atoms with Crippen molar-refractivity contribution < 1.29 is 17.7 Å². The van der Waals surface area contributed by atoms with Crippen LogP contribution in [0.2, 0.25) is 0 Å². The van der Waals surface area contributed by atoms with Gasteiger partial charge in [0.25, 0.3) is 0 Å². The number of hydrogen-bond donors (Lipinski definition) is 1. The molecule has 0 spiro atoms. The predicted molar refractivity (Wildman–Crippen MR) is 85.1 cm³/mol. The number of sulfonamides is 1. The van der Waals surface area contributed by atoms with E-state index in [0.29, 0.717) is 16.8 Å². The van der Waals surface area contributed by atoms with Crippen molar-refractivity contribution in [1.29, 1.82) is 0 Å². The summed E-state index contributed by atoms with van der Waals surface area (Å²) in [5.74, 6) is 0.142. The molecular formula is C14H11BrN2O4S. The molecule has 114 valence electrons. The minimum Gasteiger partial charge on any atom is -0.495 e. The number of rotatable bonds is 3. The SMILES string of the molecule is COc1c(-c2noc3cc(Br)ccc23)cccc1S(N)(=O)=O. The fourth-order valence-corrected chi connectivity index (χ4v) is 3.30. The largest absolute Gasteiger partial charge is 0.495 e. The number of hydrogen-bond acceptors (Lipinski definition) is 5. The van der Waals surface area contributed by atoms with Crippen LogP contribution in [0.1, 0.15) is 0 Å². The number of halogens is 1. The van der Waals surface area contributed by atoms with Crippen LogP contribution < -0.4 is 9.88 Å². The lowest BCUT2D eigenvalue weighted by Gasteiger charge is -2.10. The summed E-state index contributed by atoms with van der Waals surface area (Å²) in [5, 5.41) is 10.0. The van der Waals surface area contributed by atoms with E-state index >= 15 is 0 Å². The molecular weight excluding hydrogens is 372 g/mol. The van der Waals surface area contributed by atoms with Crippen LogP contribution in [-0.2, 0) is 10.0 Å². The summed E-state index contributed by atoms with van der Waals surface area (Å²) in [6, 6.07) is 10.1. The number of para-hydroxylation sites is 1. The van der Waals surface area contributed by atoms with E-state index in [1.807, 2.05) is 12.1 Å². The van der Waals surface area contributed by atoms with E-state index in [4.69, 9.17) is 14.4 Å². The average molecular weight is 383 g/mol. The highest BCUT2D eigenvalue weighted by atomic mass is 79.9. The number of benzene rings is 2. The van der Waals surface area contributed by atoms with Crippen molar-refractivity contribution in [2.45, 2.75) is 4.90 Å². The van der Waals surface area contributed by atoms with E-state index in [1.165, 1.54) is 13.2 Å². The van der Waals surface area contributed by atoms with Gasteiger partial charge in [-0.25, -0.2) is 13.6 Å². The molecule has 0 saturated carbocycles. The number of nitrogens with zero attached hydrogens (tertiary/aromatic N) is 1. The molecule has 2 aromatic carbocycles. The second kappa shape index (κ2) is 5.38. The van der Waals surface area contributed by atoms with Gasteiger partial charge in [-0.15, -0.1) is 0 Å². The third-order valence-corrected chi connectivity index (χ3v) is 4.61. The number of primary sulfonamides is 1. The van der Waals surface area contributed by atoms with Crippen molar-refractivity contribution in [3.05, 3.63) is 40.9 Å². The van der Waals surface area contributed by atoms with E-state index in [2.05, 4.69) is 21.1 Å². The van der Waals surface area contributed by atoms with E-state index < -0.39 is 10.0 Å². The van der Waals surface area contributed by atoms with Gasteiger partial charge in [-0.3, -0.25) is 0 Å². The molecule has 1 heterocycles. The van der Waals surface area contributed by atoms with Crippen molar-refractivity contribution >= 4 is 36.9 Å². The lowest BCUT2D eigenvalue weighted by atomic mass is 10.1. The number of nitrogens with two attached hydrogens (primary N) is 1. The topological polar surface area (TPSA) is 95.4 Å². The first-order valence-electron chi connectivity index (χ1n) is 6.17. The van der Waals surface area contributed by atoms with Crippen molar-refractivity contribution in [3.8, 4) is 17.0 Å². The first-order valence-corrected chi connectivity index (χ1v) is 8.51. The Hall–Kier alpha value is -1.90. The molecule has 0 radical (unpaired) electrons. The smallest absolute Gasteiger partial charge is 0.241 e. The molecule has 0 amide bonds. The zero-order valence-corrected chi connectivity index (χ0v) is 13.8. The van der Waals surface area contributed by atoms with Crippen LogP contribution in [0.5, 0.6) is 5.75 Å². The number of ether oxygens (including phenoxy) is 1. The van der Waals surface area contributed by atoms with Gasteiger partial charge in [0.15, 0.2) is 5.58 Å². The third-order valence-electron chi connectivity index (χ3n) is 3.18. The van der Waals surface area contributed by atoms with Crippen LogP contribution in [0.15, 0.2) is 50.3 Å². The molecule has 8 heteroatoms. The maximum atomic E-state index is 11.7.